The summed E-state index contributed by atoms with van der Waals surface area (Å²) in [6, 6.07) is 9.02. The summed E-state index contributed by atoms with van der Waals surface area (Å²) in [5, 5.41) is 13.2. The highest BCUT2D eigenvalue weighted by molar-refractivity contribution is 6.00. The first kappa shape index (κ1) is 40.9. The molecule has 2 rings (SSSR count). The monoisotopic (exact) mass is 691 g/mol. The average Bonchev–Trinajstić information content (AvgIpc) is 3.38. The van der Waals surface area contributed by atoms with E-state index in [1.165, 1.54) is 69.6 Å². The molecule has 0 radical (unpaired) electrons. The van der Waals surface area contributed by atoms with Gasteiger partial charge in [-0.1, -0.05) is 30.3 Å². The van der Waals surface area contributed by atoms with Gasteiger partial charge in [0.05, 0.1) is 18.8 Å². The summed E-state index contributed by atoms with van der Waals surface area (Å²) in [5.41, 5.74) is -6.84. The lowest BCUT2D eigenvalue weighted by Crippen LogP contribution is -2.68. The molecule has 2 atom stereocenters. The molecule has 0 heterocycles. The molecule has 0 bridgehead atoms. The molecule has 0 saturated heterocycles. The SMILES string of the molecule is CCOC(=O)C(C)(C)NC(=O)C(C)(C)NC(=O)C(C)(C)NC(=O)C(C)(C)NC(=O)C1(NC(=O)OCc2ccccc2)C[C@H](OC)[C@@H](OC)C1. The van der Waals surface area contributed by atoms with Gasteiger partial charge in [-0.05, 0) is 67.9 Å². The van der Waals surface area contributed by atoms with E-state index >= 15 is 0 Å². The molecule has 0 unspecified atom stereocenters. The molecular weight excluding hydrogens is 638 g/mol. The van der Waals surface area contributed by atoms with E-state index in [2.05, 4.69) is 26.6 Å². The molecule has 5 amide bonds. The van der Waals surface area contributed by atoms with E-state index in [4.69, 9.17) is 18.9 Å². The molecule has 274 valence electrons. The molecule has 1 saturated carbocycles. The number of alkyl carbamates (subject to hydrolysis) is 1. The molecule has 1 aromatic rings. The van der Waals surface area contributed by atoms with E-state index in [-0.39, 0.29) is 26.1 Å². The first-order valence-electron chi connectivity index (χ1n) is 16.1. The predicted octanol–water partition coefficient (Wildman–Crippen LogP) is 1.62. The molecule has 0 spiro atoms. The zero-order chi connectivity index (χ0) is 37.4. The maximum atomic E-state index is 14.0. The Kier molecular flexibility index (Phi) is 13.3. The Bertz CT molecular complexity index is 1360. The Hall–Kier alpha value is -4.24. The standard InChI is InChI=1S/C34H53N5O10/c1-12-48-28(44)33(8,9)37-26(42)31(4,5)35-24(40)30(2,3)36-25(41)32(6,7)38-27(43)34(18-22(46-10)23(19-34)47-11)39-29(45)49-20-21-16-14-13-15-17-21/h13-17,22-23H,12,18-20H2,1-11H3,(H,35,40)(H,36,41)(H,37,42)(H,38,43)(H,39,45)/t22-,23-/m0/s1. The van der Waals surface area contributed by atoms with Crippen molar-refractivity contribution in [2.75, 3.05) is 20.8 Å². The summed E-state index contributed by atoms with van der Waals surface area (Å²) >= 11 is 0. The van der Waals surface area contributed by atoms with E-state index in [1.54, 1.807) is 31.2 Å². The number of hydrogen-bond acceptors (Lipinski definition) is 10. The van der Waals surface area contributed by atoms with Crippen LogP contribution in [-0.4, -0.2) is 96.4 Å². The lowest BCUT2D eigenvalue weighted by atomic mass is 9.92. The number of esters is 1. The molecule has 1 fully saturated rings. The minimum atomic E-state index is -1.60. The highest BCUT2D eigenvalue weighted by Crippen LogP contribution is 2.35. The maximum absolute atomic E-state index is 14.0. The molecule has 1 aliphatic rings. The Balaban J connectivity index is 2.17. The van der Waals surface area contributed by atoms with Gasteiger partial charge in [0, 0.05) is 27.1 Å². The molecule has 1 aromatic carbocycles. The van der Waals surface area contributed by atoms with Gasteiger partial charge in [0.15, 0.2) is 0 Å². The summed E-state index contributed by atoms with van der Waals surface area (Å²) in [6.45, 7) is 13.4. The van der Waals surface area contributed by atoms with Gasteiger partial charge in [-0.25, -0.2) is 9.59 Å². The van der Waals surface area contributed by atoms with Crippen molar-refractivity contribution in [1.82, 2.24) is 26.6 Å². The quantitative estimate of drug-likeness (QED) is 0.168. The van der Waals surface area contributed by atoms with Crippen LogP contribution in [0.2, 0.25) is 0 Å². The van der Waals surface area contributed by atoms with Crippen molar-refractivity contribution in [3.63, 3.8) is 0 Å². The van der Waals surface area contributed by atoms with Gasteiger partial charge in [0.25, 0.3) is 0 Å². The number of nitrogens with one attached hydrogen (secondary N) is 5. The van der Waals surface area contributed by atoms with Crippen LogP contribution < -0.4 is 26.6 Å². The second kappa shape index (κ2) is 16.0. The highest BCUT2D eigenvalue weighted by atomic mass is 16.6. The molecule has 15 nitrogen and oxygen atoms in total. The van der Waals surface area contributed by atoms with Crippen LogP contribution in [0.3, 0.4) is 0 Å². The van der Waals surface area contributed by atoms with Crippen LogP contribution in [0.5, 0.6) is 0 Å². The Labute approximate surface area is 288 Å². The smallest absolute Gasteiger partial charge is 0.408 e. The Morgan fingerprint density at radius 1 is 0.673 bits per heavy atom. The van der Waals surface area contributed by atoms with Crippen molar-refractivity contribution in [1.29, 1.82) is 0 Å². The van der Waals surface area contributed by atoms with Gasteiger partial charge in [-0.3, -0.25) is 19.2 Å². The van der Waals surface area contributed by atoms with Crippen molar-refractivity contribution in [2.24, 2.45) is 0 Å². The predicted molar refractivity (Wildman–Crippen MR) is 179 cm³/mol. The van der Waals surface area contributed by atoms with Crippen LogP contribution >= 0.6 is 0 Å². The van der Waals surface area contributed by atoms with E-state index in [0.29, 0.717) is 0 Å². The lowest BCUT2D eigenvalue weighted by molar-refractivity contribution is -0.152. The van der Waals surface area contributed by atoms with Gasteiger partial charge in [0.1, 0.15) is 34.3 Å². The Morgan fingerprint density at radius 2 is 1.10 bits per heavy atom. The number of hydrogen-bond donors (Lipinski definition) is 5. The largest absolute Gasteiger partial charge is 0.464 e. The van der Waals surface area contributed by atoms with Crippen molar-refractivity contribution in [2.45, 2.75) is 122 Å². The van der Waals surface area contributed by atoms with Crippen molar-refractivity contribution in [3.05, 3.63) is 35.9 Å². The maximum Gasteiger partial charge on any atom is 0.408 e. The van der Waals surface area contributed by atoms with Crippen molar-refractivity contribution in [3.8, 4) is 0 Å². The van der Waals surface area contributed by atoms with Crippen LogP contribution in [0.4, 0.5) is 4.79 Å². The van der Waals surface area contributed by atoms with Crippen molar-refractivity contribution >= 4 is 35.7 Å². The number of carbonyl (C=O) groups excluding carboxylic acids is 6. The third-order valence-corrected chi connectivity index (χ3v) is 8.30. The summed E-state index contributed by atoms with van der Waals surface area (Å²) < 4.78 is 21.5. The fourth-order valence-electron chi connectivity index (χ4n) is 5.06. The summed E-state index contributed by atoms with van der Waals surface area (Å²) in [6.07, 6.45) is -1.88. The van der Waals surface area contributed by atoms with Gasteiger partial charge >= 0.3 is 12.1 Å². The van der Waals surface area contributed by atoms with E-state index in [0.717, 1.165) is 5.56 Å². The van der Waals surface area contributed by atoms with Crippen LogP contribution in [0.15, 0.2) is 30.3 Å². The topological polar surface area (TPSA) is 199 Å². The molecule has 15 heteroatoms. The number of rotatable bonds is 15. The second-order valence-corrected chi connectivity index (χ2v) is 14.3. The molecule has 0 aliphatic heterocycles. The molecular formula is C34H53N5O10. The normalized spacial score (nSPS) is 17.7. The van der Waals surface area contributed by atoms with Crippen molar-refractivity contribution < 1.29 is 47.7 Å². The van der Waals surface area contributed by atoms with Crippen LogP contribution in [-0.2, 0) is 49.5 Å². The van der Waals surface area contributed by atoms with E-state index < -0.39 is 75.6 Å². The zero-order valence-corrected chi connectivity index (χ0v) is 30.5. The fourth-order valence-corrected chi connectivity index (χ4v) is 5.06. The first-order valence-corrected chi connectivity index (χ1v) is 16.1. The number of methoxy groups -OCH3 is 2. The molecule has 1 aliphatic carbocycles. The van der Waals surface area contributed by atoms with E-state index in [1.807, 2.05) is 6.07 Å². The van der Waals surface area contributed by atoms with Gasteiger partial charge in [0.2, 0.25) is 23.6 Å². The molecule has 49 heavy (non-hydrogen) atoms. The number of carbonyl (C=O) groups is 6. The first-order chi connectivity index (χ1) is 22.6. The molecule has 0 aromatic heterocycles. The zero-order valence-electron chi connectivity index (χ0n) is 30.5. The lowest BCUT2D eigenvalue weighted by Gasteiger charge is -2.37. The van der Waals surface area contributed by atoms with Crippen LogP contribution in [0.1, 0.15) is 80.7 Å². The van der Waals surface area contributed by atoms with Crippen LogP contribution in [0.25, 0.3) is 0 Å². The molecule has 5 N–H and O–H groups in total. The number of ether oxygens (including phenoxy) is 4. The second-order valence-electron chi connectivity index (χ2n) is 14.3. The minimum absolute atomic E-state index is 0.0293. The average molecular weight is 692 g/mol. The van der Waals surface area contributed by atoms with Gasteiger partial charge < -0.3 is 45.5 Å². The highest BCUT2D eigenvalue weighted by Gasteiger charge is 2.54. The van der Waals surface area contributed by atoms with Gasteiger partial charge in [-0.2, -0.15) is 0 Å². The van der Waals surface area contributed by atoms with E-state index in [9.17, 15) is 28.8 Å². The third kappa shape index (κ3) is 10.6. The summed E-state index contributed by atoms with van der Waals surface area (Å²) in [7, 11) is 2.93. The Morgan fingerprint density at radius 3 is 1.53 bits per heavy atom. The fraction of sp³-hybridized carbons (Fsp3) is 0.647. The number of amides is 5. The third-order valence-electron chi connectivity index (χ3n) is 8.30. The van der Waals surface area contributed by atoms with Crippen LogP contribution in [0, 0.1) is 0 Å². The van der Waals surface area contributed by atoms with Gasteiger partial charge in [-0.15, -0.1) is 0 Å². The number of benzene rings is 1. The minimum Gasteiger partial charge on any atom is -0.464 e. The summed E-state index contributed by atoms with van der Waals surface area (Å²) in [5.74, 6) is -3.42. The summed E-state index contributed by atoms with van der Waals surface area (Å²) in [4.78, 5) is 79.2.